The number of nitrogens with one attached hydrogen (secondary N) is 1. The number of aryl methyl sites for hydroxylation is 1. The fraction of sp³-hybridized carbons (Fsp3) is 0.692. The summed E-state index contributed by atoms with van der Waals surface area (Å²) in [6, 6.07) is 0. The van der Waals surface area contributed by atoms with E-state index in [0.717, 1.165) is 13.0 Å². The normalized spacial score (nSPS) is 18.3. The minimum Gasteiger partial charge on any atom is -0.367 e. The quantitative estimate of drug-likeness (QED) is 0.873. The van der Waals surface area contributed by atoms with Crippen molar-refractivity contribution < 1.29 is 4.39 Å². The summed E-state index contributed by atoms with van der Waals surface area (Å²) >= 11 is 0. The van der Waals surface area contributed by atoms with Gasteiger partial charge in [-0.25, -0.2) is 14.4 Å². The number of nitrogens with zero attached hydrogens (tertiary/aromatic N) is 2. The monoisotopic (exact) mass is 237 g/mol. The molecule has 0 amide bonds. The van der Waals surface area contributed by atoms with Gasteiger partial charge in [-0.05, 0) is 31.6 Å². The Balaban J connectivity index is 2.04. The summed E-state index contributed by atoms with van der Waals surface area (Å²) in [4.78, 5) is 7.80. The third-order valence-electron chi connectivity index (χ3n) is 4.01. The molecule has 0 atom stereocenters. The van der Waals surface area contributed by atoms with Crippen LogP contribution in [-0.2, 0) is 0 Å². The lowest BCUT2D eigenvalue weighted by Crippen LogP contribution is -2.26. The maximum absolute atomic E-state index is 13.7. The summed E-state index contributed by atoms with van der Waals surface area (Å²) in [7, 11) is 0. The van der Waals surface area contributed by atoms with Crippen molar-refractivity contribution in [1.29, 1.82) is 0 Å². The molecule has 1 aliphatic carbocycles. The summed E-state index contributed by atoms with van der Waals surface area (Å²) in [5.41, 5.74) is 0.741. The van der Waals surface area contributed by atoms with Crippen LogP contribution in [-0.4, -0.2) is 16.5 Å². The van der Waals surface area contributed by atoms with Crippen molar-refractivity contribution in [2.45, 2.75) is 46.0 Å². The Morgan fingerprint density at radius 3 is 2.71 bits per heavy atom. The minimum atomic E-state index is -0.322. The van der Waals surface area contributed by atoms with E-state index in [1.807, 2.05) is 0 Å². The molecule has 94 valence electrons. The van der Waals surface area contributed by atoms with Gasteiger partial charge in [-0.2, -0.15) is 0 Å². The molecule has 0 saturated heterocycles. The first-order chi connectivity index (χ1) is 8.17. The Morgan fingerprint density at radius 2 is 2.06 bits per heavy atom. The van der Waals surface area contributed by atoms with Crippen molar-refractivity contribution in [3.63, 3.8) is 0 Å². The second-order valence-corrected chi connectivity index (χ2v) is 5.04. The fourth-order valence-electron chi connectivity index (χ4n) is 2.63. The van der Waals surface area contributed by atoms with E-state index in [1.165, 1.54) is 32.0 Å². The van der Waals surface area contributed by atoms with Gasteiger partial charge in [0.05, 0.1) is 5.69 Å². The maximum Gasteiger partial charge on any atom is 0.186 e. The van der Waals surface area contributed by atoms with Crippen molar-refractivity contribution in [2.75, 3.05) is 11.9 Å². The predicted molar refractivity (Wildman–Crippen MR) is 66.4 cm³/mol. The van der Waals surface area contributed by atoms with Crippen LogP contribution in [0.4, 0.5) is 10.2 Å². The molecule has 1 fully saturated rings. The molecule has 0 unspecified atom stereocenters. The largest absolute Gasteiger partial charge is 0.367 e. The van der Waals surface area contributed by atoms with E-state index in [2.05, 4.69) is 22.2 Å². The van der Waals surface area contributed by atoms with Gasteiger partial charge in [0.2, 0.25) is 0 Å². The fourth-order valence-corrected chi connectivity index (χ4v) is 2.63. The average molecular weight is 237 g/mol. The van der Waals surface area contributed by atoms with Crippen molar-refractivity contribution in [2.24, 2.45) is 5.41 Å². The first-order valence-electron chi connectivity index (χ1n) is 6.38. The topological polar surface area (TPSA) is 37.8 Å². The highest BCUT2D eigenvalue weighted by atomic mass is 19.1. The van der Waals surface area contributed by atoms with Crippen LogP contribution < -0.4 is 5.32 Å². The molecule has 1 aromatic rings. The van der Waals surface area contributed by atoms with E-state index in [-0.39, 0.29) is 5.82 Å². The van der Waals surface area contributed by atoms with Crippen molar-refractivity contribution in [1.82, 2.24) is 9.97 Å². The van der Waals surface area contributed by atoms with Gasteiger partial charge in [-0.1, -0.05) is 19.8 Å². The lowest BCUT2D eigenvalue weighted by molar-refractivity contribution is 0.306. The first kappa shape index (κ1) is 12.3. The highest BCUT2D eigenvalue weighted by molar-refractivity contribution is 5.37. The molecule has 3 nitrogen and oxygen atoms in total. The van der Waals surface area contributed by atoms with Gasteiger partial charge in [0.1, 0.15) is 6.33 Å². The van der Waals surface area contributed by atoms with E-state index in [0.29, 0.717) is 16.9 Å². The molecule has 1 aromatic heterocycles. The predicted octanol–water partition coefficient (Wildman–Crippen LogP) is 3.31. The Bertz CT molecular complexity index is 386. The number of rotatable bonds is 4. The zero-order valence-corrected chi connectivity index (χ0v) is 10.6. The van der Waals surface area contributed by atoms with Crippen LogP contribution in [0.2, 0.25) is 0 Å². The van der Waals surface area contributed by atoms with Gasteiger partial charge >= 0.3 is 0 Å². The van der Waals surface area contributed by atoms with E-state index in [1.54, 1.807) is 6.92 Å². The SMILES string of the molecule is CCC1(CNc2ncnc(C)c2F)CCCC1. The molecule has 0 radical (unpaired) electrons. The number of hydrogen-bond acceptors (Lipinski definition) is 3. The third-order valence-corrected chi connectivity index (χ3v) is 4.01. The van der Waals surface area contributed by atoms with E-state index < -0.39 is 0 Å². The molecule has 0 bridgehead atoms. The van der Waals surface area contributed by atoms with Crippen LogP contribution in [0.3, 0.4) is 0 Å². The summed E-state index contributed by atoms with van der Waals surface area (Å²) in [6.45, 7) is 4.69. The lowest BCUT2D eigenvalue weighted by Gasteiger charge is -2.28. The Morgan fingerprint density at radius 1 is 1.35 bits per heavy atom. The Kier molecular flexibility index (Phi) is 3.60. The average Bonchev–Trinajstić information content (AvgIpc) is 2.81. The first-order valence-corrected chi connectivity index (χ1v) is 6.38. The van der Waals surface area contributed by atoms with Gasteiger partial charge in [-0.3, -0.25) is 0 Å². The van der Waals surface area contributed by atoms with Gasteiger partial charge in [0.25, 0.3) is 0 Å². The Labute approximate surface area is 102 Å². The highest BCUT2D eigenvalue weighted by Crippen LogP contribution is 2.40. The molecule has 2 rings (SSSR count). The zero-order valence-electron chi connectivity index (χ0n) is 10.6. The van der Waals surface area contributed by atoms with Crippen molar-refractivity contribution >= 4 is 5.82 Å². The number of hydrogen-bond donors (Lipinski definition) is 1. The number of anilines is 1. The van der Waals surface area contributed by atoms with E-state index in [9.17, 15) is 4.39 Å². The Hall–Kier alpha value is -1.19. The zero-order chi connectivity index (χ0) is 12.3. The highest BCUT2D eigenvalue weighted by Gasteiger charge is 2.31. The van der Waals surface area contributed by atoms with Crippen molar-refractivity contribution in [3.8, 4) is 0 Å². The molecule has 1 heterocycles. The summed E-state index contributed by atoms with van der Waals surface area (Å²) < 4.78 is 13.7. The molecule has 17 heavy (non-hydrogen) atoms. The van der Waals surface area contributed by atoms with E-state index in [4.69, 9.17) is 0 Å². The third kappa shape index (κ3) is 2.56. The molecule has 0 spiro atoms. The lowest BCUT2D eigenvalue weighted by atomic mass is 9.83. The minimum absolute atomic E-state index is 0.322. The van der Waals surface area contributed by atoms with Crippen LogP contribution in [0.25, 0.3) is 0 Å². The van der Waals surface area contributed by atoms with Gasteiger partial charge < -0.3 is 5.32 Å². The molecular weight excluding hydrogens is 217 g/mol. The summed E-state index contributed by atoms with van der Waals surface area (Å²) in [5, 5.41) is 3.16. The molecule has 1 saturated carbocycles. The van der Waals surface area contributed by atoms with Crippen LogP contribution in [0.1, 0.15) is 44.7 Å². The smallest absolute Gasteiger partial charge is 0.186 e. The van der Waals surface area contributed by atoms with Crippen LogP contribution in [0.5, 0.6) is 0 Å². The molecule has 1 N–H and O–H groups in total. The molecule has 0 aliphatic heterocycles. The van der Waals surface area contributed by atoms with Crippen LogP contribution in [0, 0.1) is 18.2 Å². The summed E-state index contributed by atoms with van der Waals surface area (Å²) in [6.07, 6.45) is 7.62. The van der Waals surface area contributed by atoms with Gasteiger partial charge in [0, 0.05) is 6.54 Å². The molecule has 1 aliphatic rings. The second kappa shape index (κ2) is 4.98. The number of halogens is 1. The summed E-state index contributed by atoms with van der Waals surface area (Å²) in [5.74, 6) is 0.0222. The van der Waals surface area contributed by atoms with Crippen molar-refractivity contribution in [3.05, 3.63) is 17.8 Å². The second-order valence-electron chi connectivity index (χ2n) is 5.04. The van der Waals surface area contributed by atoms with Gasteiger partial charge in [0.15, 0.2) is 11.6 Å². The molecular formula is C13H20FN3. The maximum atomic E-state index is 13.7. The van der Waals surface area contributed by atoms with E-state index >= 15 is 0 Å². The molecule has 4 heteroatoms. The molecule has 0 aromatic carbocycles. The van der Waals surface area contributed by atoms with Gasteiger partial charge in [-0.15, -0.1) is 0 Å². The standard InChI is InChI=1S/C13H20FN3/c1-3-13(6-4-5-7-13)8-15-12-11(14)10(2)16-9-17-12/h9H,3-8H2,1-2H3,(H,15,16,17). The number of aromatic nitrogens is 2. The van der Waals surface area contributed by atoms with Crippen LogP contribution in [0.15, 0.2) is 6.33 Å². The van der Waals surface area contributed by atoms with Crippen LogP contribution >= 0.6 is 0 Å².